The van der Waals surface area contributed by atoms with Crippen LogP contribution in [-0.2, 0) is 20.0 Å². The molecule has 0 aliphatic heterocycles. The summed E-state index contributed by atoms with van der Waals surface area (Å²) in [7, 11) is -11.6. The fourth-order valence-electron chi connectivity index (χ4n) is 0.968. The molecule has 0 aliphatic rings. The van der Waals surface area contributed by atoms with Gasteiger partial charge in [0.25, 0.3) is 10.0 Å². The van der Waals surface area contributed by atoms with E-state index in [1.54, 1.807) is 5.32 Å². The van der Waals surface area contributed by atoms with Crippen LogP contribution >= 0.6 is 0 Å². The van der Waals surface area contributed by atoms with Gasteiger partial charge in [-0.1, -0.05) is 0 Å². The predicted molar refractivity (Wildman–Crippen MR) is 55.8 cm³/mol. The first-order valence-electron chi connectivity index (χ1n) is 4.87. The lowest BCUT2D eigenvalue weighted by Gasteiger charge is -2.32. The number of sulfonamides is 2. The lowest BCUT2D eigenvalue weighted by Crippen LogP contribution is -2.65. The number of halogens is 9. The molecule has 0 aliphatic carbocycles. The molecule has 23 heavy (non-hydrogen) atoms. The van der Waals surface area contributed by atoms with Crippen LogP contribution in [0.5, 0.6) is 0 Å². The van der Waals surface area contributed by atoms with E-state index in [9.17, 15) is 56.3 Å². The van der Waals surface area contributed by atoms with Gasteiger partial charge in [-0.3, -0.25) is 0 Å². The minimum Gasteiger partial charge on any atom is -0.306 e. The fourth-order valence-corrected chi connectivity index (χ4v) is 3.81. The van der Waals surface area contributed by atoms with E-state index in [1.165, 1.54) is 0 Å². The number of rotatable bonds is 7. The average Bonchev–Trinajstić information content (AvgIpc) is 2.24. The zero-order chi connectivity index (χ0) is 19.1. The van der Waals surface area contributed by atoms with Gasteiger partial charge in [0.1, 0.15) is 5.88 Å². The van der Waals surface area contributed by atoms with Crippen molar-refractivity contribution in [3.05, 3.63) is 0 Å². The summed E-state index contributed by atoms with van der Waals surface area (Å²) in [5.74, 6) is -16.4. The number of alkyl halides is 9. The van der Waals surface area contributed by atoms with E-state index < -0.39 is 49.2 Å². The molecule has 0 saturated heterocycles. The summed E-state index contributed by atoms with van der Waals surface area (Å²) in [4.78, 5) is 0. The molecule has 0 fully saturated rings. The summed E-state index contributed by atoms with van der Waals surface area (Å²) >= 11 is 0. The molecule has 0 heterocycles. The summed E-state index contributed by atoms with van der Waals surface area (Å²) in [5, 5.41) is -5.41. The van der Waals surface area contributed by atoms with Crippen LogP contribution < -0.4 is 9.44 Å². The lowest BCUT2D eigenvalue weighted by atomic mass is 10.1. The first-order valence-corrected chi connectivity index (χ1v) is 8.01. The van der Waals surface area contributed by atoms with Crippen LogP contribution in [0.1, 0.15) is 0 Å². The molecule has 0 spiro atoms. The first kappa shape index (κ1) is 22.2. The second kappa shape index (κ2) is 5.92. The molecule has 0 unspecified atom stereocenters. The SMILES string of the molecule is CNCS(=O)(=O)NS(=O)(=O)C(F)(F)C(F)(F)C(F)(F)C(F)(F)F. The molecule has 6 nitrogen and oxygen atoms in total. The monoisotopic (exact) mass is 406 g/mol. The zero-order valence-corrected chi connectivity index (χ0v) is 12.2. The van der Waals surface area contributed by atoms with Crippen LogP contribution in [0.2, 0.25) is 0 Å². The second-order valence-electron chi connectivity index (χ2n) is 3.86. The summed E-state index contributed by atoms with van der Waals surface area (Å²) in [6.07, 6.45) is -7.24. The number of hydrogen-bond acceptors (Lipinski definition) is 5. The molecule has 0 aromatic rings. The Morgan fingerprint density at radius 3 is 1.48 bits per heavy atom. The van der Waals surface area contributed by atoms with Gasteiger partial charge in [0.05, 0.1) is 0 Å². The third-order valence-electron chi connectivity index (χ3n) is 2.02. The summed E-state index contributed by atoms with van der Waals surface area (Å²) in [6.45, 7) is 0. The number of hydrogen-bond donors (Lipinski definition) is 2. The van der Waals surface area contributed by atoms with E-state index in [2.05, 4.69) is 0 Å². The smallest absolute Gasteiger partial charge is 0.306 e. The van der Waals surface area contributed by atoms with Crippen molar-refractivity contribution in [1.29, 1.82) is 0 Å². The van der Waals surface area contributed by atoms with Gasteiger partial charge in [0.15, 0.2) is 0 Å². The molecule has 0 amide bonds. The Kier molecular flexibility index (Phi) is 5.71. The van der Waals surface area contributed by atoms with Crippen molar-refractivity contribution in [2.75, 3.05) is 12.9 Å². The normalized spacial score (nSPS) is 15.7. The van der Waals surface area contributed by atoms with E-state index in [1.807, 2.05) is 0 Å². The Balaban J connectivity index is 6.07. The van der Waals surface area contributed by atoms with Crippen LogP contribution in [0.4, 0.5) is 39.5 Å². The summed E-state index contributed by atoms with van der Waals surface area (Å²) in [5.41, 5.74) is 0. The van der Waals surface area contributed by atoms with Gasteiger partial charge in [0, 0.05) is 0 Å². The summed E-state index contributed by atoms with van der Waals surface area (Å²) in [6, 6.07) is 0. The Morgan fingerprint density at radius 2 is 1.17 bits per heavy atom. The van der Waals surface area contributed by atoms with Crippen LogP contribution in [0, 0.1) is 0 Å². The largest absolute Gasteiger partial charge is 0.460 e. The van der Waals surface area contributed by atoms with Gasteiger partial charge >= 0.3 is 23.3 Å². The minimum atomic E-state index is -7.50. The molecule has 0 saturated carbocycles. The molecule has 0 atom stereocenters. The molecule has 2 N–H and O–H groups in total. The Bertz CT molecular complexity index is 639. The van der Waals surface area contributed by atoms with Gasteiger partial charge in [-0.25, -0.2) is 16.8 Å². The molecule has 0 bridgehead atoms. The van der Waals surface area contributed by atoms with Gasteiger partial charge < -0.3 is 5.32 Å². The standard InChI is InChI=1S/C6H7F9N2O4S2/c1-16-2-22(18,19)17-23(20,21)6(14,15)4(9,10)3(7,8)5(11,12)13/h16-17H,2H2,1H3. The van der Waals surface area contributed by atoms with Crippen LogP contribution in [0.15, 0.2) is 0 Å². The van der Waals surface area contributed by atoms with Crippen molar-refractivity contribution in [1.82, 2.24) is 9.44 Å². The zero-order valence-electron chi connectivity index (χ0n) is 10.6. The van der Waals surface area contributed by atoms with Gasteiger partial charge in [-0.2, -0.15) is 39.5 Å². The van der Waals surface area contributed by atoms with Crippen molar-refractivity contribution < 1.29 is 56.3 Å². The van der Waals surface area contributed by atoms with Gasteiger partial charge in [-0.05, 0) is 7.05 Å². The molecular weight excluding hydrogens is 399 g/mol. The van der Waals surface area contributed by atoms with Gasteiger partial charge in [-0.15, -0.1) is 4.13 Å². The van der Waals surface area contributed by atoms with Crippen molar-refractivity contribution in [3.8, 4) is 0 Å². The quantitative estimate of drug-likeness (QED) is 0.612. The van der Waals surface area contributed by atoms with E-state index in [0.29, 0.717) is 0 Å². The average molecular weight is 406 g/mol. The first-order chi connectivity index (χ1) is 9.77. The third-order valence-corrected chi connectivity index (χ3v) is 5.52. The maximum absolute atomic E-state index is 13.1. The summed E-state index contributed by atoms with van der Waals surface area (Å²) < 4.78 is 156. The van der Waals surface area contributed by atoms with E-state index in [4.69, 9.17) is 0 Å². The van der Waals surface area contributed by atoms with E-state index in [-0.39, 0.29) is 4.13 Å². The third kappa shape index (κ3) is 3.82. The minimum absolute atomic E-state index is 0.0453. The molecule has 0 aromatic heterocycles. The lowest BCUT2D eigenvalue weighted by molar-refractivity contribution is -0.382. The van der Waals surface area contributed by atoms with Crippen molar-refractivity contribution in [2.45, 2.75) is 23.3 Å². The van der Waals surface area contributed by atoms with Crippen LogP contribution in [-0.4, -0.2) is 53.0 Å². The molecule has 140 valence electrons. The fraction of sp³-hybridized carbons (Fsp3) is 1.00. The van der Waals surface area contributed by atoms with Crippen LogP contribution in [0.3, 0.4) is 0 Å². The predicted octanol–water partition coefficient (Wildman–Crippen LogP) is 0.838. The molecule has 0 rings (SSSR count). The maximum atomic E-state index is 13.1. The highest BCUT2D eigenvalue weighted by Gasteiger charge is 2.85. The maximum Gasteiger partial charge on any atom is 0.460 e. The molecule has 17 heteroatoms. The Morgan fingerprint density at radius 1 is 0.783 bits per heavy atom. The topological polar surface area (TPSA) is 92.3 Å². The highest BCUT2D eigenvalue weighted by molar-refractivity contribution is 8.05. The van der Waals surface area contributed by atoms with Crippen molar-refractivity contribution in [3.63, 3.8) is 0 Å². The van der Waals surface area contributed by atoms with E-state index in [0.717, 1.165) is 7.05 Å². The Labute approximate surface area is 123 Å². The van der Waals surface area contributed by atoms with Crippen LogP contribution in [0.25, 0.3) is 0 Å². The Hall–Kier alpha value is -0.810. The molecular formula is C6H7F9N2O4S2. The van der Waals surface area contributed by atoms with Gasteiger partial charge in [0.2, 0.25) is 10.0 Å². The van der Waals surface area contributed by atoms with Crippen molar-refractivity contribution >= 4 is 20.0 Å². The number of nitrogens with one attached hydrogen (secondary N) is 2. The highest BCUT2D eigenvalue weighted by Crippen LogP contribution is 2.54. The second-order valence-corrected chi connectivity index (χ2v) is 7.57. The molecule has 0 radical (unpaired) electrons. The highest BCUT2D eigenvalue weighted by atomic mass is 32.3. The molecule has 0 aromatic carbocycles. The van der Waals surface area contributed by atoms with E-state index >= 15 is 0 Å². The van der Waals surface area contributed by atoms with Crippen molar-refractivity contribution in [2.24, 2.45) is 0 Å².